The third-order valence-corrected chi connectivity index (χ3v) is 1.46. The van der Waals surface area contributed by atoms with Gasteiger partial charge in [0, 0.05) is 0 Å². The van der Waals surface area contributed by atoms with Crippen molar-refractivity contribution in [2.24, 2.45) is 0 Å². The van der Waals surface area contributed by atoms with Gasteiger partial charge in [0.15, 0.2) is 0 Å². The summed E-state index contributed by atoms with van der Waals surface area (Å²) in [4.78, 5) is 11.0. The Labute approximate surface area is 87.6 Å². The lowest BCUT2D eigenvalue weighted by molar-refractivity contribution is -0.0809. The van der Waals surface area contributed by atoms with E-state index in [-0.39, 0.29) is 0 Å². The summed E-state index contributed by atoms with van der Waals surface area (Å²) in [6.07, 6.45) is -3.75. The van der Waals surface area contributed by atoms with E-state index < -0.39 is 30.3 Å². The van der Waals surface area contributed by atoms with Crippen molar-refractivity contribution in [3.63, 3.8) is 0 Å². The maximum absolute atomic E-state index is 12.2. The van der Waals surface area contributed by atoms with Crippen LogP contribution in [-0.4, -0.2) is 35.4 Å². The Morgan fingerprint density at radius 3 is 2.20 bits per heavy atom. The highest BCUT2D eigenvalue weighted by atomic mass is 19.3. The maximum atomic E-state index is 12.2. The molecule has 0 heterocycles. The van der Waals surface area contributed by atoms with Gasteiger partial charge in [0.2, 0.25) is 0 Å². The van der Waals surface area contributed by atoms with E-state index in [0.29, 0.717) is 0 Å². The zero-order valence-electron chi connectivity index (χ0n) is 9.30. The average molecular weight is 225 g/mol. The molecule has 0 fully saturated rings. The predicted octanol–water partition coefficient (Wildman–Crippen LogP) is 1.53. The van der Waals surface area contributed by atoms with Gasteiger partial charge in [0.05, 0.1) is 6.54 Å². The molecule has 0 aromatic rings. The second-order valence-electron chi connectivity index (χ2n) is 4.51. The number of carbonyl (C=O) groups excluding carboxylic acids is 1. The highest BCUT2D eigenvalue weighted by Gasteiger charge is 2.33. The SMILES string of the molecule is CC(C)(C)OC(=O)NCC(C)(O)C(F)F. The molecule has 0 bridgehead atoms. The van der Waals surface area contributed by atoms with Crippen molar-refractivity contribution < 1.29 is 23.4 Å². The highest BCUT2D eigenvalue weighted by molar-refractivity contribution is 5.67. The average Bonchev–Trinajstić information content (AvgIpc) is 1.97. The van der Waals surface area contributed by atoms with E-state index in [1.807, 2.05) is 0 Å². The molecule has 0 radical (unpaired) electrons. The summed E-state index contributed by atoms with van der Waals surface area (Å²) >= 11 is 0. The molecule has 1 unspecified atom stereocenters. The third kappa shape index (κ3) is 6.22. The van der Waals surface area contributed by atoms with Crippen LogP contribution in [0.25, 0.3) is 0 Å². The van der Waals surface area contributed by atoms with Crippen molar-refractivity contribution in [3.8, 4) is 0 Å². The lowest BCUT2D eigenvalue weighted by Crippen LogP contribution is -2.47. The summed E-state index contributed by atoms with van der Waals surface area (Å²) in [5.74, 6) is 0. The molecule has 1 amide bonds. The van der Waals surface area contributed by atoms with Gasteiger partial charge in [0.25, 0.3) is 6.43 Å². The summed E-state index contributed by atoms with van der Waals surface area (Å²) in [5.41, 5.74) is -2.93. The molecule has 0 aromatic carbocycles. The number of alkyl carbamates (subject to hydrolysis) is 1. The lowest BCUT2D eigenvalue weighted by atomic mass is 10.1. The number of ether oxygens (including phenoxy) is 1. The van der Waals surface area contributed by atoms with Crippen LogP contribution in [0.3, 0.4) is 0 Å². The number of aliphatic hydroxyl groups is 1. The molecular formula is C9H17F2NO3. The number of hydrogen-bond donors (Lipinski definition) is 2. The topological polar surface area (TPSA) is 58.6 Å². The van der Waals surface area contributed by atoms with Crippen molar-refractivity contribution in [2.75, 3.05) is 6.54 Å². The maximum Gasteiger partial charge on any atom is 0.407 e. The van der Waals surface area contributed by atoms with Crippen molar-refractivity contribution in [3.05, 3.63) is 0 Å². The zero-order chi connectivity index (χ0) is 12.3. The molecule has 0 spiro atoms. The van der Waals surface area contributed by atoms with E-state index in [2.05, 4.69) is 5.32 Å². The van der Waals surface area contributed by atoms with Crippen molar-refractivity contribution in [2.45, 2.75) is 45.3 Å². The Balaban J connectivity index is 4.02. The van der Waals surface area contributed by atoms with Crippen LogP contribution in [0.5, 0.6) is 0 Å². The number of hydrogen-bond acceptors (Lipinski definition) is 3. The van der Waals surface area contributed by atoms with Gasteiger partial charge >= 0.3 is 6.09 Å². The van der Waals surface area contributed by atoms with Crippen LogP contribution in [0.15, 0.2) is 0 Å². The summed E-state index contributed by atoms with van der Waals surface area (Å²) in [7, 11) is 0. The second kappa shape index (κ2) is 4.74. The monoisotopic (exact) mass is 225 g/mol. The minimum absolute atomic E-state index is 0.556. The fourth-order valence-corrected chi connectivity index (χ4v) is 0.642. The number of halogens is 2. The standard InChI is InChI=1S/C9H17F2NO3/c1-8(2,3)15-7(13)12-5-9(4,14)6(10)11/h6,14H,5H2,1-4H3,(H,12,13). The van der Waals surface area contributed by atoms with Crippen LogP contribution < -0.4 is 5.32 Å². The third-order valence-electron chi connectivity index (χ3n) is 1.46. The number of nitrogens with one attached hydrogen (secondary N) is 1. The van der Waals surface area contributed by atoms with Crippen LogP contribution in [-0.2, 0) is 4.74 Å². The highest BCUT2D eigenvalue weighted by Crippen LogP contribution is 2.14. The molecule has 0 aliphatic heterocycles. The Hall–Kier alpha value is -0.910. The molecule has 4 nitrogen and oxygen atoms in total. The number of amides is 1. The molecule has 2 N–H and O–H groups in total. The summed E-state index contributed by atoms with van der Waals surface area (Å²) in [6.45, 7) is 5.34. The zero-order valence-corrected chi connectivity index (χ0v) is 9.30. The van der Waals surface area contributed by atoms with Gasteiger partial charge in [-0.15, -0.1) is 0 Å². The van der Waals surface area contributed by atoms with Gasteiger partial charge in [-0.25, -0.2) is 13.6 Å². The van der Waals surface area contributed by atoms with Gasteiger partial charge in [-0.1, -0.05) is 0 Å². The molecule has 0 saturated carbocycles. The molecule has 1 atom stereocenters. The van der Waals surface area contributed by atoms with E-state index in [1.165, 1.54) is 0 Å². The summed E-state index contributed by atoms with van der Waals surface area (Å²) in [5, 5.41) is 11.2. The Morgan fingerprint density at radius 1 is 1.40 bits per heavy atom. The first-order chi connectivity index (χ1) is 6.54. The van der Waals surface area contributed by atoms with Crippen LogP contribution in [0.2, 0.25) is 0 Å². The Morgan fingerprint density at radius 2 is 1.87 bits per heavy atom. The minimum atomic E-state index is -2.92. The summed E-state index contributed by atoms with van der Waals surface area (Å²) < 4.78 is 29.1. The van der Waals surface area contributed by atoms with Gasteiger partial charge in [-0.05, 0) is 27.7 Å². The molecule has 0 saturated heterocycles. The molecule has 90 valence electrons. The van der Waals surface area contributed by atoms with Gasteiger partial charge in [-0.3, -0.25) is 0 Å². The molecule has 0 aliphatic carbocycles. The van der Waals surface area contributed by atoms with E-state index in [9.17, 15) is 13.6 Å². The smallest absolute Gasteiger partial charge is 0.407 e. The quantitative estimate of drug-likeness (QED) is 0.765. The lowest BCUT2D eigenvalue weighted by Gasteiger charge is -2.24. The number of carbonyl (C=O) groups is 1. The molecular weight excluding hydrogens is 208 g/mol. The number of alkyl halides is 2. The predicted molar refractivity (Wildman–Crippen MR) is 50.9 cm³/mol. The minimum Gasteiger partial charge on any atom is -0.444 e. The number of rotatable bonds is 3. The summed E-state index contributed by atoms with van der Waals surface area (Å²) in [6, 6.07) is 0. The van der Waals surface area contributed by atoms with Crippen LogP contribution in [0.1, 0.15) is 27.7 Å². The molecule has 15 heavy (non-hydrogen) atoms. The Bertz CT molecular complexity index is 224. The van der Waals surface area contributed by atoms with E-state index in [0.717, 1.165) is 6.92 Å². The van der Waals surface area contributed by atoms with E-state index >= 15 is 0 Å². The van der Waals surface area contributed by atoms with E-state index in [4.69, 9.17) is 9.84 Å². The molecule has 0 rings (SSSR count). The van der Waals surface area contributed by atoms with Crippen LogP contribution in [0, 0.1) is 0 Å². The van der Waals surface area contributed by atoms with Crippen LogP contribution in [0.4, 0.5) is 13.6 Å². The first kappa shape index (κ1) is 14.1. The van der Waals surface area contributed by atoms with Gasteiger partial charge in [-0.2, -0.15) is 0 Å². The molecule has 0 aromatic heterocycles. The molecule has 6 heteroatoms. The fourth-order valence-electron chi connectivity index (χ4n) is 0.642. The van der Waals surface area contributed by atoms with Gasteiger partial charge in [0.1, 0.15) is 11.2 Å². The van der Waals surface area contributed by atoms with Gasteiger partial charge < -0.3 is 15.2 Å². The fraction of sp³-hybridized carbons (Fsp3) is 0.889. The van der Waals surface area contributed by atoms with Crippen LogP contribution >= 0.6 is 0 Å². The van der Waals surface area contributed by atoms with Crippen molar-refractivity contribution in [1.29, 1.82) is 0 Å². The first-order valence-electron chi connectivity index (χ1n) is 4.52. The second-order valence-corrected chi connectivity index (χ2v) is 4.51. The Kier molecular flexibility index (Phi) is 4.45. The van der Waals surface area contributed by atoms with Crippen molar-refractivity contribution >= 4 is 6.09 Å². The molecule has 0 aliphatic rings. The van der Waals surface area contributed by atoms with Crippen molar-refractivity contribution in [1.82, 2.24) is 5.32 Å². The van der Waals surface area contributed by atoms with E-state index in [1.54, 1.807) is 20.8 Å². The normalized spacial score (nSPS) is 16.0. The largest absolute Gasteiger partial charge is 0.444 e. The first-order valence-corrected chi connectivity index (χ1v) is 4.52.